The maximum atomic E-state index is 13.7. The molecule has 0 N–H and O–H groups in total. The normalized spacial score (nSPS) is 15.4. The van der Waals surface area contributed by atoms with Crippen molar-refractivity contribution in [2.24, 2.45) is 0 Å². The van der Waals surface area contributed by atoms with E-state index in [9.17, 15) is 9.65 Å². The Hall–Kier alpha value is -2.48. The smallest absolute Gasteiger partial charge is 0.165 e. The van der Waals surface area contributed by atoms with Crippen LogP contribution in [-0.4, -0.2) is 17.1 Å². The minimum absolute atomic E-state index is 0.193. The first-order valence-electron chi connectivity index (χ1n) is 6.27. The number of rotatable bonds is 3. The van der Waals surface area contributed by atoms with Gasteiger partial charge in [-0.1, -0.05) is 0 Å². The van der Waals surface area contributed by atoms with Gasteiger partial charge < -0.3 is 4.74 Å². The lowest BCUT2D eigenvalue weighted by Crippen LogP contribution is -2.09. The topological polar surface area (TPSA) is 58.8 Å². The minimum atomic E-state index is -0.541. The van der Waals surface area contributed by atoms with Crippen LogP contribution in [0.1, 0.15) is 18.7 Å². The van der Waals surface area contributed by atoms with Crippen LogP contribution in [0.15, 0.2) is 30.5 Å². The largest absolute Gasteiger partial charge is 0.494 e. The summed E-state index contributed by atoms with van der Waals surface area (Å²) in [5.41, 5.74) is 0.708. The highest BCUT2D eigenvalue weighted by Crippen LogP contribution is 2.46. The summed E-state index contributed by atoms with van der Waals surface area (Å²) in [5.74, 6) is 0.277. The monoisotopic (exact) mass is 269 g/mol. The Bertz CT molecular complexity index is 705. The molecule has 0 spiro atoms. The summed E-state index contributed by atoms with van der Waals surface area (Å²) >= 11 is 0. The van der Waals surface area contributed by atoms with Crippen LogP contribution in [0.25, 0.3) is 11.3 Å². The predicted octanol–water partition coefficient (Wildman–Crippen LogP) is 2.85. The molecule has 0 bridgehead atoms. The summed E-state index contributed by atoms with van der Waals surface area (Å²) in [5, 5.41) is 9.18. The summed E-state index contributed by atoms with van der Waals surface area (Å²) in [6.45, 7) is 0. The molecule has 5 heteroatoms. The van der Waals surface area contributed by atoms with Crippen LogP contribution in [-0.2, 0) is 5.41 Å². The fourth-order valence-electron chi connectivity index (χ4n) is 2.09. The lowest BCUT2D eigenvalue weighted by Gasteiger charge is -2.08. The van der Waals surface area contributed by atoms with E-state index < -0.39 is 11.2 Å². The summed E-state index contributed by atoms with van der Waals surface area (Å²) < 4.78 is 18.6. The summed E-state index contributed by atoms with van der Waals surface area (Å²) in [4.78, 5) is 8.58. The van der Waals surface area contributed by atoms with Crippen LogP contribution in [0.3, 0.4) is 0 Å². The lowest BCUT2D eigenvalue weighted by molar-refractivity contribution is 0.386. The number of hydrogen-bond acceptors (Lipinski definition) is 4. The zero-order valence-corrected chi connectivity index (χ0v) is 10.9. The third-order valence-corrected chi connectivity index (χ3v) is 3.50. The van der Waals surface area contributed by atoms with Crippen LogP contribution >= 0.6 is 0 Å². The van der Waals surface area contributed by atoms with E-state index in [1.807, 2.05) is 0 Å². The van der Waals surface area contributed by atoms with E-state index in [0.29, 0.717) is 17.1 Å². The van der Waals surface area contributed by atoms with Crippen molar-refractivity contribution in [1.82, 2.24) is 9.97 Å². The fraction of sp³-hybridized carbons (Fsp3) is 0.267. The first-order chi connectivity index (χ1) is 9.68. The summed E-state index contributed by atoms with van der Waals surface area (Å²) in [6, 6.07) is 8.63. The van der Waals surface area contributed by atoms with Crippen LogP contribution in [0.4, 0.5) is 4.39 Å². The van der Waals surface area contributed by atoms with Gasteiger partial charge in [0.2, 0.25) is 0 Å². The summed E-state index contributed by atoms with van der Waals surface area (Å²) in [6.07, 6.45) is 3.17. The maximum absolute atomic E-state index is 13.7. The average molecular weight is 269 g/mol. The second kappa shape index (κ2) is 4.57. The van der Waals surface area contributed by atoms with Crippen molar-refractivity contribution in [3.8, 4) is 23.1 Å². The Morgan fingerprint density at radius 3 is 2.75 bits per heavy atom. The Morgan fingerprint density at radius 2 is 2.15 bits per heavy atom. The molecule has 0 unspecified atom stereocenters. The third kappa shape index (κ3) is 1.99. The molecule has 1 aliphatic carbocycles. The van der Waals surface area contributed by atoms with Crippen molar-refractivity contribution in [1.29, 1.82) is 5.26 Å². The molecule has 1 aromatic heterocycles. The van der Waals surface area contributed by atoms with Gasteiger partial charge in [0.05, 0.1) is 18.9 Å². The molecular weight excluding hydrogens is 257 g/mol. The molecule has 1 fully saturated rings. The van der Waals surface area contributed by atoms with Crippen molar-refractivity contribution >= 4 is 0 Å². The van der Waals surface area contributed by atoms with Crippen molar-refractivity contribution < 1.29 is 9.13 Å². The zero-order chi connectivity index (χ0) is 14.2. The van der Waals surface area contributed by atoms with Gasteiger partial charge in [-0.2, -0.15) is 5.26 Å². The van der Waals surface area contributed by atoms with E-state index in [1.54, 1.807) is 24.4 Å². The highest BCUT2D eigenvalue weighted by Gasteiger charge is 2.47. The number of hydrogen-bond donors (Lipinski definition) is 0. The Balaban J connectivity index is 2.01. The molecule has 2 aromatic rings. The number of benzene rings is 1. The van der Waals surface area contributed by atoms with Gasteiger partial charge >= 0.3 is 0 Å². The quantitative estimate of drug-likeness (QED) is 0.859. The second-order valence-electron chi connectivity index (χ2n) is 4.81. The predicted molar refractivity (Wildman–Crippen MR) is 70.5 cm³/mol. The first kappa shape index (κ1) is 12.5. The van der Waals surface area contributed by atoms with E-state index in [4.69, 9.17) is 4.74 Å². The Labute approximate surface area is 115 Å². The Kier molecular flexibility index (Phi) is 2.87. The van der Waals surface area contributed by atoms with Gasteiger partial charge in [0.25, 0.3) is 0 Å². The number of methoxy groups -OCH3 is 1. The van der Waals surface area contributed by atoms with Gasteiger partial charge in [0.15, 0.2) is 11.6 Å². The highest BCUT2D eigenvalue weighted by molar-refractivity contribution is 5.60. The zero-order valence-electron chi connectivity index (χ0n) is 10.9. The van der Waals surface area contributed by atoms with Gasteiger partial charge in [-0.3, -0.25) is 0 Å². The van der Waals surface area contributed by atoms with Crippen LogP contribution < -0.4 is 4.74 Å². The molecule has 100 valence electrons. The standard InChI is InChI=1S/C15H12FN3O/c1-20-13-3-2-10(8-11(13)16)12-4-7-18-14(19-12)15(9-17)5-6-15/h2-4,7-8H,5-6H2,1H3. The lowest BCUT2D eigenvalue weighted by atomic mass is 10.1. The van der Waals surface area contributed by atoms with E-state index in [2.05, 4.69) is 16.0 Å². The van der Waals surface area contributed by atoms with Gasteiger partial charge in [0.1, 0.15) is 11.2 Å². The van der Waals surface area contributed by atoms with Crippen molar-refractivity contribution in [3.63, 3.8) is 0 Å². The molecule has 0 atom stereocenters. The number of halogens is 1. The van der Waals surface area contributed by atoms with Crippen molar-refractivity contribution in [2.45, 2.75) is 18.3 Å². The highest BCUT2D eigenvalue weighted by atomic mass is 19.1. The number of ether oxygens (including phenoxy) is 1. The SMILES string of the molecule is COc1ccc(-c2ccnc(C3(C#N)CC3)n2)cc1F. The van der Waals surface area contributed by atoms with E-state index >= 15 is 0 Å². The second-order valence-corrected chi connectivity index (χ2v) is 4.81. The molecule has 0 saturated heterocycles. The number of nitriles is 1. The molecule has 1 aliphatic rings. The molecule has 0 aliphatic heterocycles. The molecule has 1 heterocycles. The van der Waals surface area contributed by atoms with Crippen LogP contribution in [0, 0.1) is 17.1 Å². The summed E-state index contributed by atoms with van der Waals surface area (Å²) in [7, 11) is 1.42. The molecule has 0 amide bonds. The minimum Gasteiger partial charge on any atom is -0.494 e. The number of aromatic nitrogens is 2. The van der Waals surface area contributed by atoms with E-state index in [0.717, 1.165) is 12.8 Å². The van der Waals surface area contributed by atoms with Gasteiger partial charge in [-0.05, 0) is 37.1 Å². The molecule has 0 radical (unpaired) electrons. The van der Waals surface area contributed by atoms with Crippen LogP contribution in [0.2, 0.25) is 0 Å². The van der Waals surface area contributed by atoms with Gasteiger partial charge in [-0.15, -0.1) is 0 Å². The molecule has 20 heavy (non-hydrogen) atoms. The van der Waals surface area contributed by atoms with Crippen molar-refractivity contribution in [2.75, 3.05) is 7.11 Å². The Morgan fingerprint density at radius 1 is 1.35 bits per heavy atom. The molecule has 1 aromatic carbocycles. The third-order valence-electron chi connectivity index (χ3n) is 3.50. The maximum Gasteiger partial charge on any atom is 0.165 e. The van der Waals surface area contributed by atoms with E-state index in [1.165, 1.54) is 13.2 Å². The molecular formula is C15H12FN3O. The van der Waals surface area contributed by atoms with Crippen LogP contribution in [0.5, 0.6) is 5.75 Å². The van der Waals surface area contributed by atoms with Crippen molar-refractivity contribution in [3.05, 3.63) is 42.1 Å². The fourth-order valence-corrected chi connectivity index (χ4v) is 2.09. The average Bonchev–Trinajstić information content (AvgIpc) is 3.28. The van der Waals surface area contributed by atoms with Gasteiger partial charge in [-0.25, -0.2) is 14.4 Å². The van der Waals surface area contributed by atoms with Gasteiger partial charge in [0, 0.05) is 11.8 Å². The first-order valence-corrected chi connectivity index (χ1v) is 6.27. The molecule has 4 nitrogen and oxygen atoms in total. The molecule has 1 saturated carbocycles. The number of nitrogens with zero attached hydrogens (tertiary/aromatic N) is 3. The van der Waals surface area contributed by atoms with E-state index in [-0.39, 0.29) is 5.75 Å². The molecule has 3 rings (SSSR count).